The van der Waals surface area contributed by atoms with E-state index in [1.807, 2.05) is 6.92 Å². The molecule has 0 atom stereocenters. The number of piperidine rings is 1. The van der Waals surface area contributed by atoms with Gasteiger partial charge in [-0.05, 0) is 57.8 Å². The summed E-state index contributed by atoms with van der Waals surface area (Å²) in [7, 11) is 0. The first-order valence-electron chi connectivity index (χ1n) is 10.3. The Bertz CT molecular complexity index is 628. The van der Waals surface area contributed by atoms with Gasteiger partial charge in [0, 0.05) is 32.4 Å². The Morgan fingerprint density at radius 2 is 2.00 bits per heavy atom. The van der Waals surface area contributed by atoms with E-state index in [1.54, 1.807) is 0 Å². The number of alkyl halides is 3. The molecule has 0 unspecified atom stereocenters. The first-order chi connectivity index (χ1) is 13.9. The number of rotatable bonds is 9. The molecule has 1 fully saturated rings. The highest BCUT2D eigenvalue weighted by molar-refractivity contribution is 5.79. The highest BCUT2D eigenvalue weighted by Gasteiger charge is 2.32. The van der Waals surface area contributed by atoms with Crippen molar-refractivity contribution >= 4 is 11.9 Å². The van der Waals surface area contributed by atoms with Gasteiger partial charge in [0.2, 0.25) is 5.95 Å². The maximum Gasteiger partial charge on any atom is 0.433 e. The standard InChI is InChI=1S/C19H32F3N7/c1-3-23-17(24-8-4-12-29-13-6-15(2)7-14-29)26-10-11-27-18-25-9-5-16(28-18)19(20,21)22/h5,9,15H,3-4,6-8,10-14H2,1-2H3,(H2,23,24,26)(H,25,27,28). The van der Waals surface area contributed by atoms with Crippen LogP contribution in [-0.2, 0) is 6.18 Å². The second-order valence-corrected chi connectivity index (χ2v) is 7.26. The second kappa shape index (κ2) is 11.8. The molecule has 3 N–H and O–H groups in total. The predicted molar refractivity (Wildman–Crippen MR) is 109 cm³/mol. The van der Waals surface area contributed by atoms with Crippen LogP contribution in [0.1, 0.15) is 38.8 Å². The van der Waals surface area contributed by atoms with Gasteiger partial charge in [0.1, 0.15) is 5.69 Å². The van der Waals surface area contributed by atoms with Crippen molar-refractivity contribution in [3.63, 3.8) is 0 Å². The third kappa shape index (κ3) is 8.84. The summed E-state index contributed by atoms with van der Waals surface area (Å²) in [5, 5.41) is 9.13. The third-order valence-electron chi connectivity index (χ3n) is 4.77. The molecule has 1 saturated heterocycles. The Morgan fingerprint density at radius 3 is 2.69 bits per heavy atom. The Morgan fingerprint density at radius 1 is 1.24 bits per heavy atom. The molecule has 0 spiro atoms. The molecule has 1 aromatic heterocycles. The molecular weight excluding hydrogens is 383 g/mol. The average Bonchev–Trinajstić information content (AvgIpc) is 2.69. The molecule has 29 heavy (non-hydrogen) atoms. The summed E-state index contributed by atoms with van der Waals surface area (Å²) < 4.78 is 38.0. The summed E-state index contributed by atoms with van der Waals surface area (Å²) in [5.41, 5.74) is -0.957. The molecule has 0 aromatic carbocycles. The van der Waals surface area contributed by atoms with Crippen LogP contribution in [0.3, 0.4) is 0 Å². The van der Waals surface area contributed by atoms with Gasteiger partial charge in [-0.25, -0.2) is 9.97 Å². The number of aromatic nitrogens is 2. The van der Waals surface area contributed by atoms with Crippen LogP contribution in [0.15, 0.2) is 17.3 Å². The number of halogens is 3. The Balaban J connectivity index is 1.68. The highest BCUT2D eigenvalue weighted by Crippen LogP contribution is 2.27. The number of aliphatic imine (C=N–C) groups is 1. The summed E-state index contributed by atoms with van der Waals surface area (Å²) in [6.07, 6.45) is 0.169. The summed E-state index contributed by atoms with van der Waals surface area (Å²) in [4.78, 5) is 14.4. The molecule has 7 nitrogen and oxygen atoms in total. The summed E-state index contributed by atoms with van der Waals surface area (Å²) in [5.74, 6) is 1.50. The molecule has 1 aliphatic rings. The minimum Gasteiger partial charge on any atom is -0.357 e. The van der Waals surface area contributed by atoms with Gasteiger partial charge < -0.3 is 20.9 Å². The van der Waals surface area contributed by atoms with Crippen LogP contribution in [-0.4, -0.2) is 66.6 Å². The van der Waals surface area contributed by atoms with Crippen molar-refractivity contribution in [2.45, 2.75) is 39.3 Å². The fourth-order valence-corrected chi connectivity index (χ4v) is 3.07. The quantitative estimate of drug-likeness (QED) is 0.327. The number of hydrogen-bond donors (Lipinski definition) is 3. The van der Waals surface area contributed by atoms with Crippen molar-refractivity contribution in [3.8, 4) is 0 Å². The maximum absolute atomic E-state index is 12.7. The van der Waals surface area contributed by atoms with Crippen molar-refractivity contribution in [2.24, 2.45) is 10.9 Å². The summed E-state index contributed by atoms with van der Waals surface area (Å²) in [6.45, 7) is 10.0. The van der Waals surface area contributed by atoms with E-state index in [-0.39, 0.29) is 5.95 Å². The average molecular weight is 416 g/mol. The predicted octanol–water partition coefficient (Wildman–Crippen LogP) is 2.58. The number of hydrogen-bond acceptors (Lipinski definition) is 5. The first kappa shape index (κ1) is 23.2. The lowest BCUT2D eigenvalue weighted by Gasteiger charge is -2.29. The lowest BCUT2D eigenvalue weighted by Crippen LogP contribution is -2.40. The molecular formula is C19H32F3N7. The maximum atomic E-state index is 12.7. The number of likely N-dealkylation sites (tertiary alicyclic amines) is 1. The largest absolute Gasteiger partial charge is 0.433 e. The SMILES string of the molecule is CCNC(=NCCCN1CCC(C)CC1)NCCNc1nccc(C(F)(F)F)n1. The fraction of sp³-hybridized carbons (Fsp3) is 0.737. The molecule has 1 aliphatic heterocycles. The van der Waals surface area contributed by atoms with Crippen molar-refractivity contribution < 1.29 is 13.2 Å². The van der Waals surface area contributed by atoms with Gasteiger partial charge >= 0.3 is 6.18 Å². The minimum absolute atomic E-state index is 0.0422. The fourth-order valence-electron chi connectivity index (χ4n) is 3.07. The molecule has 10 heteroatoms. The van der Waals surface area contributed by atoms with Gasteiger partial charge in [0.25, 0.3) is 0 Å². The Kier molecular flexibility index (Phi) is 9.43. The smallest absolute Gasteiger partial charge is 0.357 e. The van der Waals surface area contributed by atoms with Crippen LogP contribution in [0.25, 0.3) is 0 Å². The monoisotopic (exact) mass is 415 g/mol. The Hall–Kier alpha value is -2.10. The van der Waals surface area contributed by atoms with E-state index in [0.29, 0.717) is 19.0 Å². The van der Waals surface area contributed by atoms with Gasteiger partial charge in [-0.15, -0.1) is 0 Å². The Labute approximate surface area is 170 Å². The van der Waals surface area contributed by atoms with E-state index in [0.717, 1.165) is 44.2 Å². The first-order valence-corrected chi connectivity index (χ1v) is 10.3. The molecule has 2 rings (SSSR count). The molecule has 164 valence electrons. The van der Waals surface area contributed by atoms with E-state index >= 15 is 0 Å². The topological polar surface area (TPSA) is 77.5 Å². The van der Waals surface area contributed by atoms with Crippen LogP contribution < -0.4 is 16.0 Å². The number of guanidine groups is 1. The number of nitrogens with one attached hydrogen (secondary N) is 3. The van der Waals surface area contributed by atoms with Gasteiger partial charge in [-0.2, -0.15) is 13.2 Å². The third-order valence-corrected chi connectivity index (χ3v) is 4.77. The van der Waals surface area contributed by atoms with Crippen molar-refractivity contribution in [3.05, 3.63) is 18.0 Å². The highest BCUT2D eigenvalue weighted by atomic mass is 19.4. The molecule has 0 bridgehead atoms. The number of anilines is 1. The van der Waals surface area contributed by atoms with Gasteiger partial charge in [0.15, 0.2) is 5.96 Å². The van der Waals surface area contributed by atoms with E-state index in [1.165, 1.54) is 25.9 Å². The van der Waals surface area contributed by atoms with Gasteiger partial charge in [-0.1, -0.05) is 6.92 Å². The molecule has 0 amide bonds. The van der Waals surface area contributed by atoms with E-state index in [9.17, 15) is 13.2 Å². The van der Waals surface area contributed by atoms with Crippen LogP contribution in [0.2, 0.25) is 0 Å². The van der Waals surface area contributed by atoms with Crippen LogP contribution in [0, 0.1) is 5.92 Å². The molecule has 0 radical (unpaired) electrons. The van der Waals surface area contributed by atoms with Gasteiger partial charge in [-0.3, -0.25) is 4.99 Å². The van der Waals surface area contributed by atoms with Crippen molar-refractivity contribution in [1.29, 1.82) is 0 Å². The molecule has 0 aliphatic carbocycles. The van der Waals surface area contributed by atoms with Crippen molar-refractivity contribution in [1.82, 2.24) is 25.5 Å². The van der Waals surface area contributed by atoms with E-state index < -0.39 is 11.9 Å². The van der Waals surface area contributed by atoms with Crippen LogP contribution >= 0.6 is 0 Å². The normalized spacial score (nSPS) is 16.7. The zero-order valence-corrected chi connectivity index (χ0v) is 17.2. The van der Waals surface area contributed by atoms with E-state index in [4.69, 9.17) is 0 Å². The summed E-state index contributed by atoms with van der Waals surface area (Å²) in [6, 6.07) is 0.851. The van der Waals surface area contributed by atoms with Crippen molar-refractivity contribution in [2.75, 3.05) is 51.1 Å². The lowest BCUT2D eigenvalue weighted by atomic mass is 9.99. The molecule has 1 aromatic rings. The van der Waals surface area contributed by atoms with Gasteiger partial charge in [0.05, 0.1) is 0 Å². The zero-order chi connectivity index (χ0) is 21.1. The second-order valence-electron chi connectivity index (χ2n) is 7.26. The number of nitrogens with zero attached hydrogens (tertiary/aromatic N) is 4. The minimum atomic E-state index is -4.48. The van der Waals surface area contributed by atoms with E-state index in [2.05, 4.69) is 42.7 Å². The molecule has 2 heterocycles. The van der Waals surface area contributed by atoms with Crippen LogP contribution in [0.4, 0.5) is 19.1 Å². The summed E-state index contributed by atoms with van der Waals surface area (Å²) >= 11 is 0. The zero-order valence-electron chi connectivity index (χ0n) is 17.2. The van der Waals surface area contributed by atoms with Crippen LogP contribution in [0.5, 0.6) is 0 Å². The lowest BCUT2D eigenvalue weighted by molar-refractivity contribution is -0.141. The molecule has 0 saturated carbocycles.